The van der Waals surface area contributed by atoms with Gasteiger partial charge in [-0.15, -0.1) is 0 Å². The molecule has 0 radical (unpaired) electrons. The first-order valence-corrected chi connectivity index (χ1v) is 7.92. The summed E-state index contributed by atoms with van der Waals surface area (Å²) in [5.74, 6) is 0.522. The lowest BCUT2D eigenvalue weighted by atomic mass is 9.97. The van der Waals surface area contributed by atoms with E-state index in [1.165, 1.54) is 0 Å². The molecule has 102 valence electrons. The van der Waals surface area contributed by atoms with Crippen LogP contribution in [0.25, 0.3) is 0 Å². The zero-order valence-corrected chi connectivity index (χ0v) is 14.2. The highest BCUT2D eigenvalue weighted by molar-refractivity contribution is 6.22. The first-order valence-electron chi connectivity index (χ1n) is 6.77. The number of carbonyl (C=O) groups is 1. The molecular weight excluding hydrogens is 232 g/mol. The highest BCUT2D eigenvalue weighted by Crippen LogP contribution is 2.19. The summed E-state index contributed by atoms with van der Waals surface area (Å²) in [6, 6.07) is 0. The summed E-state index contributed by atoms with van der Waals surface area (Å²) in [5, 5.41) is 0. The minimum atomic E-state index is -0.184. The lowest BCUT2D eigenvalue weighted by Crippen LogP contribution is -2.28. The standard InChI is InChI=1S/C13H28O3Si/c1-6-7-8-11(17)13(14)16-15-12(9(2)3)10(4)5/h9-12H,6-8H2,1-5,17H3. The molecule has 0 N–H and O–H groups in total. The number of carbonyl (C=O) groups excluding carboxylic acids is 1. The van der Waals surface area contributed by atoms with Crippen LogP contribution >= 0.6 is 0 Å². The smallest absolute Gasteiger partial charge is 0.298 e. The summed E-state index contributed by atoms with van der Waals surface area (Å²) in [4.78, 5) is 22.0. The van der Waals surface area contributed by atoms with Crippen molar-refractivity contribution < 1.29 is 14.6 Å². The molecule has 0 aromatic heterocycles. The van der Waals surface area contributed by atoms with Crippen molar-refractivity contribution in [3.8, 4) is 0 Å². The Bertz CT molecular complexity index is 209. The Balaban J connectivity index is 4.03. The first-order chi connectivity index (χ1) is 7.90. The maximum absolute atomic E-state index is 11.7. The van der Waals surface area contributed by atoms with Gasteiger partial charge >= 0.3 is 5.97 Å². The molecule has 1 atom stereocenters. The van der Waals surface area contributed by atoms with Gasteiger partial charge in [-0.2, -0.15) is 4.89 Å². The Hall–Kier alpha value is -0.353. The van der Waals surface area contributed by atoms with Crippen LogP contribution < -0.4 is 0 Å². The van der Waals surface area contributed by atoms with Gasteiger partial charge in [0.05, 0.1) is 0 Å². The Labute approximate surface area is 109 Å². The van der Waals surface area contributed by atoms with Crippen molar-refractivity contribution in [2.45, 2.75) is 65.5 Å². The maximum Gasteiger partial charge on any atom is 0.341 e. The quantitative estimate of drug-likeness (QED) is 0.382. The largest absolute Gasteiger partial charge is 0.341 e. The predicted molar refractivity (Wildman–Crippen MR) is 73.9 cm³/mol. The van der Waals surface area contributed by atoms with Gasteiger partial charge in [0.2, 0.25) is 0 Å². The molecule has 3 nitrogen and oxygen atoms in total. The van der Waals surface area contributed by atoms with Gasteiger partial charge in [-0.05, 0) is 18.3 Å². The Morgan fingerprint density at radius 2 is 1.71 bits per heavy atom. The SMILES string of the molecule is CCCCC([SiH3])C(=O)OOC(C(C)C)C(C)C. The van der Waals surface area contributed by atoms with E-state index < -0.39 is 0 Å². The molecule has 17 heavy (non-hydrogen) atoms. The van der Waals surface area contributed by atoms with Crippen LogP contribution in [-0.4, -0.2) is 22.3 Å². The van der Waals surface area contributed by atoms with E-state index in [1.807, 2.05) is 0 Å². The third-order valence-corrected chi connectivity index (χ3v) is 4.00. The van der Waals surface area contributed by atoms with Crippen LogP contribution in [0.2, 0.25) is 5.54 Å². The van der Waals surface area contributed by atoms with E-state index in [2.05, 4.69) is 34.6 Å². The van der Waals surface area contributed by atoms with Crippen LogP contribution in [0, 0.1) is 11.8 Å². The topological polar surface area (TPSA) is 35.5 Å². The van der Waals surface area contributed by atoms with Crippen molar-refractivity contribution in [3.63, 3.8) is 0 Å². The van der Waals surface area contributed by atoms with Gasteiger partial charge in [0.25, 0.3) is 0 Å². The normalized spacial score (nSPS) is 13.6. The van der Waals surface area contributed by atoms with Crippen molar-refractivity contribution in [3.05, 3.63) is 0 Å². The molecule has 0 amide bonds. The number of unbranched alkanes of at least 4 members (excludes halogenated alkanes) is 1. The lowest BCUT2D eigenvalue weighted by Gasteiger charge is -2.23. The molecule has 0 aliphatic heterocycles. The van der Waals surface area contributed by atoms with Gasteiger partial charge in [-0.25, -0.2) is 4.79 Å². The fourth-order valence-electron chi connectivity index (χ4n) is 1.81. The molecule has 4 heteroatoms. The van der Waals surface area contributed by atoms with E-state index >= 15 is 0 Å². The van der Waals surface area contributed by atoms with Crippen molar-refractivity contribution >= 4 is 16.2 Å². The zero-order valence-electron chi connectivity index (χ0n) is 12.2. The highest BCUT2D eigenvalue weighted by Gasteiger charge is 2.23. The number of hydrogen-bond donors (Lipinski definition) is 0. The van der Waals surface area contributed by atoms with E-state index in [0.29, 0.717) is 11.8 Å². The van der Waals surface area contributed by atoms with E-state index in [9.17, 15) is 4.79 Å². The molecule has 0 aromatic rings. The minimum absolute atomic E-state index is 0.0148. The highest BCUT2D eigenvalue weighted by atomic mass is 28.1. The maximum atomic E-state index is 11.7. The monoisotopic (exact) mass is 260 g/mol. The van der Waals surface area contributed by atoms with Crippen molar-refractivity contribution in [1.82, 2.24) is 0 Å². The Morgan fingerprint density at radius 3 is 2.12 bits per heavy atom. The molecule has 0 rings (SSSR count). The van der Waals surface area contributed by atoms with Crippen LogP contribution in [0.1, 0.15) is 53.9 Å². The molecule has 0 aliphatic carbocycles. The first kappa shape index (κ1) is 16.6. The van der Waals surface area contributed by atoms with E-state index in [-0.39, 0.29) is 17.6 Å². The molecule has 0 bridgehead atoms. The van der Waals surface area contributed by atoms with Crippen LogP contribution in [0.15, 0.2) is 0 Å². The molecule has 0 saturated carbocycles. The van der Waals surface area contributed by atoms with E-state index in [1.54, 1.807) is 0 Å². The Kier molecular flexibility index (Phi) is 8.52. The predicted octanol–water partition coefficient (Wildman–Crippen LogP) is 2.49. The average Bonchev–Trinajstić information content (AvgIpc) is 2.24. The molecule has 0 spiro atoms. The third-order valence-electron chi connectivity index (χ3n) is 2.95. The van der Waals surface area contributed by atoms with Gasteiger partial charge < -0.3 is 0 Å². The van der Waals surface area contributed by atoms with Crippen LogP contribution in [-0.2, 0) is 14.6 Å². The second kappa shape index (κ2) is 8.70. The van der Waals surface area contributed by atoms with Gasteiger partial charge in [-0.1, -0.05) is 47.5 Å². The van der Waals surface area contributed by atoms with E-state index in [0.717, 1.165) is 29.5 Å². The van der Waals surface area contributed by atoms with Crippen LogP contribution in [0.3, 0.4) is 0 Å². The summed E-state index contributed by atoms with van der Waals surface area (Å²) >= 11 is 0. The Morgan fingerprint density at radius 1 is 1.18 bits per heavy atom. The third kappa shape index (κ3) is 6.84. The summed E-state index contributed by atoms with van der Waals surface area (Å²) in [7, 11) is 0.835. The molecule has 1 unspecified atom stereocenters. The van der Waals surface area contributed by atoms with E-state index in [4.69, 9.17) is 9.78 Å². The summed E-state index contributed by atoms with van der Waals surface area (Å²) < 4.78 is 0. The fourth-order valence-corrected chi connectivity index (χ4v) is 2.31. The molecule has 0 saturated heterocycles. The summed E-state index contributed by atoms with van der Waals surface area (Å²) in [6.07, 6.45) is 3.12. The van der Waals surface area contributed by atoms with Crippen molar-refractivity contribution in [2.75, 3.05) is 0 Å². The zero-order chi connectivity index (χ0) is 13.4. The molecule has 0 heterocycles. The number of rotatable bonds is 8. The van der Waals surface area contributed by atoms with Gasteiger partial charge in [0.15, 0.2) is 0 Å². The fraction of sp³-hybridized carbons (Fsp3) is 0.923. The molecular formula is C13H28O3Si. The van der Waals surface area contributed by atoms with Gasteiger partial charge in [0.1, 0.15) is 6.10 Å². The lowest BCUT2D eigenvalue weighted by molar-refractivity contribution is -0.312. The average molecular weight is 260 g/mol. The minimum Gasteiger partial charge on any atom is -0.298 e. The van der Waals surface area contributed by atoms with Crippen LogP contribution in [0.4, 0.5) is 0 Å². The number of hydrogen-bond acceptors (Lipinski definition) is 3. The van der Waals surface area contributed by atoms with Crippen LogP contribution in [0.5, 0.6) is 0 Å². The van der Waals surface area contributed by atoms with Crippen molar-refractivity contribution in [2.24, 2.45) is 11.8 Å². The van der Waals surface area contributed by atoms with Gasteiger partial charge in [-0.3, -0.25) is 4.89 Å². The second-order valence-electron chi connectivity index (χ2n) is 5.49. The van der Waals surface area contributed by atoms with Crippen molar-refractivity contribution in [1.29, 1.82) is 0 Å². The summed E-state index contributed by atoms with van der Waals surface area (Å²) in [6.45, 7) is 10.4. The summed E-state index contributed by atoms with van der Waals surface area (Å²) in [5.41, 5.74) is 0.0647. The second-order valence-corrected chi connectivity index (χ2v) is 6.89. The molecule has 0 aromatic carbocycles. The molecule has 0 fully saturated rings. The van der Waals surface area contributed by atoms with Gasteiger partial charge in [0, 0.05) is 15.8 Å². The molecule has 0 aliphatic rings.